The molecular formula is C34H31F5O. The highest BCUT2D eigenvalue weighted by Gasteiger charge is 2.17. The third kappa shape index (κ3) is 7.85. The van der Waals surface area contributed by atoms with E-state index in [2.05, 4.69) is 35.6 Å². The summed E-state index contributed by atoms with van der Waals surface area (Å²) in [6, 6.07) is 18.8. The van der Waals surface area contributed by atoms with Crippen molar-refractivity contribution in [1.82, 2.24) is 0 Å². The summed E-state index contributed by atoms with van der Waals surface area (Å²) in [5, 5.41) is 1.11. The van der Waals surface area contributed by atoms with Crippen LogP contribution in [-0.4, -0.2) is 6.61 Å². The SMILES string of the molecule is CCCCCCCc1ccc(C#Cc2ccc3c(F)c(CCc4cc(F)c(OC(F)F)c(F)c4)ccc3c2)cc1. The minimum absolute atomic E-state index is 0.117. The Balaban J connectivity index is 1.40. The van der Waals surface area contributed by atoms with Crippen molar-refractivity contribution in [1.29, 1.82) is 0 Å². The number of benzene rings is 4. The Morgan fingerprint density at radius 3 is 2.05 bits per heavy atom. The monoisotopic (exact) mass is 550 g/mol. The summed E-state index contributed by atoms with van der Waals surface area (Å²) in [4.78, 5) is 0. The molecular weight excluding hydrogens is 519 g/mol. The van der Waals surface area contributed by atoms with E-state index in [1.807, 2.05) is 18.2 Å². The molecule has 0 fully saturated rings. The Hall–Kier alpha value is -3.85. The van der Waals surface area contributed by atoms with Gasteiger partial charge in [-0.25, -0.2) is 13.2 Å². The molecule has 4 aromatic carbocycles. The molecule has 1 nitrogen and oxygen atoms in total. The molecule has 208 valence electrons. The summed E-state index contributed by atoms with van der Waals surface area (Å²) >= 11 is 0. The Bertz CT molecular complexity index is 1480. The molecule has 0 saturated heterocycles. The van der Waals surface area contributed by atoms with E-state index in [-0.39, 0.29) is 18.4 Å². The van der Waals surface area contributed by atoms with Crippen molar-refractivity contribution in [2.24, 2.45) is 0 Å². The number of hydrogen-bond donors (Lipinski definition) is 0. The molecule has 0 bridgehead atoms. The maximum absolute atomic E-state index is 15.2. The van der Waals surface area contributed by atoms with E-state index in [4.69, 9.17) is 0 Å². The predicted octanol–water partition coefficient (Wildman–Crippen LogP) is 9.56. The highest BCUT2D eigenvalue weighted by molar-refractivity contribution is 5.85. The van der Waals surface area contributed by atoms with Gasteiger partial charge >= 0.3 is 6.61 Å². The lowest BCUT2D eigenvalue weighted by atomic mass is 9.99. The van der Waals surface area contributed by atoms with Crippen LogP contribution in [0.4, 0.5) is 22.0 Å². The van der Waals surface area contributed by atoms with Crippen LogP contribution in [0.15, 0.2) is 66.7 Å². The van der Waals surface area contributed by atoms with Crippen LogP contribution in [0.3, 0.4) is 0 Å². The first kappa shape index (κ1) is 29.1. The first-order valence-electron chi connectivity index (χ1n) is 13.6. The van der Waals surface area contributed by atoms with E-state index < -0.39 is 29.8 Å². The molecule has 4 aromatic rings. The minimum Gasteiger partial charge on any atom is -0.429 e. The summed E-state index contributed by atoms with van der Waals surface area (Å²) in [6.07, 6.45) is 7.65. The Morgan fingerprint density at radius 2 is 1.35 bits per heavy atom. The fourth-order valence-electron chi connectivity index (χ4n) is 4.68. The van der Waals surface area contributed by atoms with Gasteiger partial charge in [-0.15, -0.1) is 0 Å². The smallest absolute Gasteiger partial charge is 0.387 e. The first-order chi connectivity index (χ1) is 19.3. The molecule has 0 spiro atoms. The van der Waals surface area contributed by atoms with Gasteiger partial charge in [0.2, 0.25) is 0 Å². The maximum Gasteiger partial charge on any atom is 0.387 e. The van der Waals surface area contributed by atoms with Gasteiger partial charge in [0, 0.05) is 16.5 Å². The number of unbranched alkanes of at least 4 members (excludes halogenated alkanes) is 4. The summed E-state index contributed by atoms with van der Waals surface area (Å²) in [7, 11) is 0. The molecule has 0 radical (unpaired) electrons. The molecule has 0 atom stereocenters. The fraction of sp³-hybridized carbons (Fsp3) is 0.294. The van der Waals surface area contributed by atoms with Gasteiger partial charge in [-0.05, 0) is 84.2 Å². The summed E-state index contributed by atoms with van der Waals surface area (Å²) in [5.74, 6) is 2.32. The topological polar surface area (TPSA) is 9.23 Å². The zero-order chi connectivity index (χ0) is 28.5. The van der Waals surface area contributed by atoms with Crippen molar-refractivity contribution in [3.05, 3.63) is 112 Å². The van der Waals surface area contributed by atoms with E-state index in [9.17, 15) is 17.6 Å². The molecule has 40 heavy (non-hydrogen) atoms. The Kier molecular flexibility index (Phi) is 10.2. The number of aryl methyl sites for hydroxylation is 3. The number of fused-ring (bicyclic) bond motifs is 1. The van der Waals surface area contributed by atoms with Crippen LogP contribution < -0.4 is 4.74 Å². The van der Waals surface area contributed by atoms with Crippen LogP contribution in [0, 0.1) is 29.3 Å². The van der Waals surface area contributed by atoms with Crippen LogP contribution in [0.5, 0.6) is 5.75 Å². The molecule has 0 aliphatic carbocycles. The van der Waals surface area contributed by atoms with Crippen molar-refractivity contribution in [3.8, 4) is 17.6 Å². The molecule has 0 unspecified atom stereocenters. The lowest BCUT2D eigenvalue weighted by Gasteiger charge is -2.10. The van der Waals surface area contributed by atoms with E-state index in [1.54, 1.807) is 24.3 Å². The van der Waals surface area contributed by atoms with E-state index >= 15 is 4.39 Å². The van der Waals surface area contributed by atoms with Crippen molar-refractivity contribution in [2.75, 3.05) is 0 Å². The predicted molar refractivity (Wildman–Crippen MR) is 149 cm³/mol. The largest absolute Gasteiger partial charge is 0.429 e. The highest BCUT2D eigenvalue weighted by Crippen LogP contribution is 2.27. The van der Waals surface area contributed by atoms with Gasteiger partial charge in [0.25, 0.3) is 0 Å². The Labute approximate surface area is 232 Å². The molecule has 0 N–H and O–H groups in total. The van der Waals surface area contributed by atoms with Gasteiger partial charge in [0.1, 0.15) is 5.82 Å². The van der Waals surface area contributed by atoms with Crippen LogP contribution in [0.2, 0.25) is 0 Å². The van der Waals surface area contributed by atoms with E-state index in [1.165, 1.54) is 37.7 Å². The molecule has 0 aliphatic rings. The lowest BCUT2D eigenvalue weighted by molar-refractivity contribution is -0.0546. The minimum atomic E-state index is -3.34. The standard InChI is InChI=1S/C34H31F5O/c1-2-3-4-5-6-7-23-8-10-24(11-9-23)12-13-25-15-19-29-28(20-25)18-17-27(32(29)37)16-14-26-21-30(35)33(31(36)22-26)40-34(38)39/h8-11,15,17-22,34H,2-7,14,16H2,1H3. The molecule has 0 saturated carbocycles. The summed E-state index contributed by atoms with van der Waals surface area (Å²) < 4.78 is 71.8. The van der Waals surface area contributed by atoms with Crippen LogP contribution >= 0.6 is 0 Å². The Morgan fingerprint density at radius 1 is 0.675 bits per heavy atom. The summed E-state index contributed by atoms with van der Waals surface area (Å²) in [5.41, 5.74) is 3.58. The average molecular weight is 551 g/mol. The maximum atomic E-state index is 15.2. The van der Waals surface area contributed by atoms with Gasteiger partial charge in [0.05, 0.1) is 0 Å². The van der Waals surface area contributed by atoms with Crippen LogP contribution in [-0.2, 0) is 19.3 Å². The van der Waals surface area contributed by atoms with Crippen molar-refractivity contribution in [3.63, 3.8) is 0 Å². The first-order valence-corrected chi connectivity index (χ1v) is 13.6. The van der Waals surface area contributed by atoms with Crippen molar-refractivity contribution in [2.45, 2.75) is 64.9 Å². The van der Waals surface area contributed by atoms with Gasteiger partial charge in [-0.1, -0.05) is 74.8 Å². The lowest BCUT2D eigenvalue weighted by Crippen LogP contribution is -2.06. The normalized spacial score (nSPS) is 11.1. The van der Waals surface area contributed by atoms with E-state index in [0.717, 1.165) is 29.7 Å². The fourth-order valence-corrected chi connectivity index (χ4v) is 4.68. The molecule has 4 rings (SSSR count). The van der Waals surface area contributed by atoms with Crippen LogP contribution in [0.1, 0.15) is 66.8 Å². The quantitative estimate of drug-likeness (QED) is 0.103. The number of halogens is 5. The highest BCUT2D eigenvalue weighted by atomic mass is 19.3. The van der Waals surface area contributed by atoms with Gasteiger partial charge in [-0.2, -0.15) is 8.78 Å². The number of ether oxygens (including phenoxy) is 1. The zero-order valence-electron chi connectivity index (χ0n) is 22.4. The second-order valence-electron chi connectivity index (χ2n) is 9.85. The van der Waals surface area contributed by atoms with Gasteiger partial charge in [0.15, 0.2) is 17.4 Å². The number of rotatable bonds is 11. The molecule has 0 heterocycles. The summed E-state index contributed by atoms with van der Waals surface area (Å²) in [6.45, 7) is -1.12. The zero-order valence-corrected chi connectivity index (χ0v) is 22.4. The second kappa shape index (κ2) is 14.0. The number of hydrogen-bond acceptors (Lipinski definition) is 1. The molecule has 6 heteroatoms. The number of alkyl halides is 2. The molecule has 0 aromatic heterocycles. The van der Waals surface area contributed by atoms with Crippen molar-refractivity contribution >= 4 is 10.8 Å². The average Bonchev–Trinajstić information content (AvgIpc) is 2.94. The third-order valence-electron chi connectivity index (χ3n) is 6.86. The van der Waals surface area contributed by atoms with Crippen molar-refractivity contribution < 1.29 is 26.7 Å². The molecule has 0 aliphatic heterocycles. The van der Waals surface area contributed by atoms with Gasteiger partial charge < -0.3 is 4.74 Å². The van der Waals surface area contributed by atoms with Crippen LogP contribution in [0.25, 0.3) is 10.8 Å². The van der Waals surface area contributed by atoms with E-state index in [0.29, 0.717) is 16.3 Å². The third-order valence-corrected chi connectivity index (χ3v) is 6.86. The van der Waals surface area contributed by atoms with Gasteiger partial charge in [-0.3, -0.25) is 0 Å². The molecule has 0 amide bonds. The second-order valence-corrected chi connectivity index (χ2v) is 9.85.